The molecule has 0 saturated heterocycles. The smallest absolute Gasteiger partial charge is 0.224 e. The molecule has 0 saturated carbocycles. The highest BCUT2D eigenvalue weighted by molar-refractivity contribution is 5.90. The van der Waals surface area contributed by atoms with E-state index in [0.717, 1.165) is 11.3 Å². The van der Waals surface area contributed by atoms with Crippen molar-refractivity contribution in [2.24, 2.45) is 0 Å². The Morgan fingerprint density at radius 2 is 1.82 bits per heavy atom. The Morgan fingerprint density at radius 3 is 2.41 bits per heavy atom. The second-order valence-electron chi connectivity index (χ2n) is 4.75. The predicted octanol–water partition coefficient (Wildman–Crippen LogP) is 3.41. The van der Waals surface area contributed by atoms with Gasteiger partial charge in [-0.3, -0.25) is 4.79 Å². The SMILES string of the molecule is COc1ccc(CCC(=O)Nc2ccc(OC)c(F)c2)cc1. The average Bonchev–Trinajstić information content (AvgIpc) is 2.53. The largest absolute Gasteiger partial charge is 0.497 e. The maximum absolute atomic E-state index is 13.5. The van der Waals surface area contributed by atoms with Crippen LogP contribution in [0.25, 0.3) is 0 Å². The van der Waals surface area contributed by atoms with Crippen molar-refractivity contribution < 1.29 is 18.7 Å². The van der Waals surface area contributed by atoms with Crippen molar-refractivity contribution in [3.05, 3.63) is 53.8 Å². The number of anilines is 1. The summed E-state index contributed by atoms with van der Waals surface area (Å²) in [6.07, 6.45) is 0.925. The van der Waals surface area contributed by atoms with Crippen molar-refractivity contribution in [2.45, 2.75) is 12.8 Å². The molecule has 2 rings (SSSR count). The van der Waals surface area contributed by atoms with Crippen LogP contribution in [0, 0.1) is 5.82 Å². The van der Waals surface area contributed by atoms with Gasteiger partial charge in [-0.25, -0.2) is 4.39 Å². The van der Waals surface area contributed by atoms with Gasteiger partial charge in [0.2, 0.25) is 5.91 Å². The standard InChI is InChI=1S/C17H18FNO3/c1-21-14-7-3-12(4-8-14)5-10-17(20)19-13-6-9-16(22-2)15(18)11-13/h3-4,6-9,11H,5,10H2,1-2H3,(H,19,20). The van der Waals surface area contributed by atoms with E-state index in [1.807, 2.05) is 24.3 Å². The van der Waals surface area contributed by atoms with Gasteiger partial charge in [0.25, 0.3) is 0 Å². The van der Waals surface area contributed by atoms with Crippen molar-refractivity contribution >= 4 is 11.6 Å². The molecule has 0 spiro atoms. The van der Waals surface area contributed by atoms with E-state index >= 15 is 0 Å². The van der Waals surface area contributed by atoms with Crippen LogP contribution < -0.4 is 14.8 Å². The second-order valence-corrected chi connectivity index (χ2v) is 4.75. The van der Waals surface area contributed by atoms with Crippen LogP contribution in [0.4, 0.5) is 10.1 Å². The molecule has 0 unspecified atom stereocenters. The van der Waals surface area contributed by atoms with Gasteiger partial charge in [0, 0.05) is 18.2 Å². The Morgan fingerprint density at radius 1 is 1.09 bits per heavy atom. The molecular formula is C17H18FNO3. The summed E-state index contributed by atoms with van der Waals surface area (Å²) in [7, 11) is 3.00. The summed E-state index contributed by atoms with van der Waals surface area (Å²) < 4.78 is 23.4. The van der Waals surface area contributed by atoms with Crippen LogP contribution in [0.3, 0.4) is 0 Å². The minimum atomic E-state index is -0.504. The third-order valence-electron chi connectivity index (χ3n) is 3.24. The van der Waals surface area contributed by atoms with E-state index in [1.54, 1.807) is 13.2 Å². The molecule has 2 aromatic carbocycles. The highest BCUT2D eigenvalue weighted by Crippen LogP contribution is 2.21. The van der Waals surface area contributed by atoms with Crippen molar-refractivity contribution in [1.29, 1.82) is 0 Å². The van der Waals surface area contributed by atoms with Gasteiger partial charge < -0.3 is 14.8 Å². The van der Waals surface area contributed by atoms with Crippen LogP contribution in [0.1, 0.15) is 12.0 Å². The summed E-state index contributed by atoms with van der Waals surface area (Å²) in [5.41, 5.74) is 1.45. The van der Waals surface area contributed by atoms with Gasteiger partial charge in [0.15, 0.2) is 11.6 Å². The van der Waals surface area contributed by atoms with E-state index in [2.05, 4.69) is 5.32 Å². The lowest BCUT2D eigenvalue weighted by Crippen LogP contribution is -2.12. The van der Waals surface area contributed by atoms with Crippen molar-refractivity contribution in [2.75, 3.05) is 19.5 Å². The number of nitrogens with one attached hydrogen (secondary N) is 1. The third kappa shape index (κ3) is 4.22. The van der Waals surface area contributed by atoms with Gasteiger partial charge in [-0.15, -0.1) is 0 Å². The molecule has 116 valence electrons. The molecule has 5 heteroatoms. The summed E-state index contributed by atoms with van der Waals surface area (Å²) in [6.45, 7) is 0. The predicted molar refractivity (Wildman–Crippen MR) is 82.9 cm³/mol. The first-order valence-electron chi connectivity index (χ1n) is 6.88. The quantitative estimate of drug-likeness (QED) is 0.889. The van der Waals surface area contributed by atoms with Gasteiger partial charge >= 0.3 is 0 Å². The number of amides is 1. The van der Waals surface area contributed by atoms with Crippen molar-refractivity contribution in [3.63, 3.8) is 0 Å². The fraction of sp³-hybridized carbons (Fsp3) is 0.235. The van der Waals surface area contributed by atoms with E-state index in [9.17, 15) is 9.18 Å². The lowest BCUT2D eigenvalue weighted by Gasteiger charge is -2.08. The van der Waals surface area contributed by atoms with Crippen molar-refractivity contribution in [3.8, 4) is 11.5 Å². The van der Waals surface area contributed by atoms with Crippen LogP contribution in [0.5, 0.6) is 11.5 Å². The molecule has 0 radical (unpaired) electrons. The van der Waals surface area contributed by atoms with E-state index in [-0.39, 0.29) is 11.7 Å². The minimum absolute atomic E-state index is 0.149. The zero-order chi connectivity index (χ0) is 15.9. The maximum Gasteiger partial charge on any atom is 0.224 e. The highest BCUT2D eigenvalue weighted by Gasteiger charge is 2.07. The average molecular weight is 303 g/mol. The third-order valence-corrected chi connectivity index (χ3v) is 3.24. The highest BCUT2D eigenvalue weighted by atomic mass is 19.1. The van der Waals surface area contributed by atoms with Crippen LogP contribution in [-0.4, -0.2) is 20.1 Å². The van der Waals surface area contributed by atoms with Gasteiger partial charge in [-0.05, 0) is 36.2 Å². The van der Waals surface area contributed by atoms with E-state index in [1.165, 1.54) is 19.2 Å². The number of halogens is 1. The van der Waals surface area contributed by atoms with E-state index in [0.29, 0.717) is 18.5 Å². The number of rotatable bonds is 6. The summed E-state index contributed by atoms with van der Waals surface area (Å²) >= 11 is 0. The molecule has 0 aliphatic heterocycles. The summed E-state index contributed by atoms with van der Waals surface area (Å²) in [4.78, 5) is 11.9. The lowest BCUT2D eigenvalue weighted by atomic mass is 10.1. The van der Waals surface area contributed by atoms with Crippen LogP contribution in [-0.2, 0) is 11.2 Å². The van der Waals surface area contributed by atoms with E-state index < -0.39 is 5.82 Å². The fourth-order valence-electron chi connectivity index (χ4n) is 2.02. The Bertz CT molecular complexity index is 641. The number of carbonyl (C=O) groups is 1. The molecule has 0 bridgehead atoms. The van der Waals surface area contributed by atoms with Crippen LogP contribution in [0.15, 0.2) is 42.5 Å². The Balaban J connectivity index is 1.88. The molecule has 0 atom stereocenters. The maximum atomic E-state index is 13.5. The van der Waals surface area contributed by atoms with E-state index in [4.69, 9.17) is 9.47 Å². The summed E-state index contributed by atoms with van der Waals surface area (Å²) in [5.74, 6) is 0.258. The first kappa shape index (κ1) is 15.8. The van der Waals surface area contributed by atoms with Gasteiger partial charge in [0.1, 0.15) is 5.75 Å². The number of benzene rings is 2. The molecule has 0 aromatic heterocycles. The number of ether oxygens (including phenoxy) is 2. The normalized spacial score (nSPS) is 10.1. The van der Waals surface area contributed by atoms with Crippen molar-refractivity contribution in [1.82, 2.24) is 0 Å². The first-order chi connectivity index (χ1) is 10.6. The topological polar surface area (TPSA) is 47.6 Å². The molecule has 0 aliphatic rings. The molecule has 22 heavy (non-hydrogen) atoms. The molecular weight excluding hydrogens is 285 g/mol. The molecule has 0 aliphatic carbocycles. The summed E-state index contributed by atoms with van der Waals surface area (Å²) in [5, 5.41) is 2.67. The second kappa shape index (κ2) is 7.45. The monoisotopic (exact) mass is 303 g/mol. The van der Waals surface area contributed by atoms with Gasteiger partial charge in [-0.2, -0.15) is 0 Å². The number of hydrogen-bond acceptors (Lipinski definition) is 3. The number of aryl methyl sites for hydroxylation is 1. The molecule has 1 amide bonds. The number of carbonyl (C=O) groups excluding carboxylic acids is 1. The van der Waals surface area contributed by atoms with Gasteiger partial charge in [-0.1, -0.05) is 12.1 Å². The fourth-order valence-corrected chi connectivity index (χ4v) is 2.02. The lowest BCUT2D eigenvalue weighted by molar-refractivity contribution is -0.116. The molecule has 4 nitrogen and oxygen atoms in total. The Labute approximate surface area is 128 Å². The van der Waals surface area contributed by atoms with Crippen LogP contribution >= 0.6 is 0 Å². The Kier molecular flexibility index (Phi) is 5.36. The number of hydrogen-bond donors (Lipinski definition) is 1. The zero-order valence-electron chi connectivity index (χ0n) is 12.6. The zero-order valence-corrected chi connectivity index (χ0v) is 12.6. The van der Waals surface area contributed by atoms with Crippen LogP contribution in [0.2, 0.25) is 0 Å². The number of methoxy groups -OCH3 is 2. The molecule has 2 aromatic rings. The minimum Gasteiger partial charge on any atom is -0.497 e. The molecule has 0 heterocycles. The Hall–Kier alpha value is -2.56. The summed E-state index contributed by atoms with van der Waals surface area (Å²) in [6, 6.07) is 11.9. The first-order valence-corrected chi connectivity index (χ1v) is 6.88. The molecule has 1 N–H and O–H groups in total. The molecule has 0 fully saturated rings. The van der Waals surface area contributed by atoms with Gasteiger partial charge in [0.05, 0.1) is 14.2 Å².